The predicted octanol–water partition coefficient (Wildman–Crippen LogP) is 8.16. The molecule has 3 rings (SSSR count). The van der Waals surface area contributed by atoms with E-state index in [0.29, 0.717) is 13.2 Å². The van der Waals surface area contributed by atoms with E-state index < -0.39 is 0 Å². The average Bonchev–Trinajstić information content (AvgIpc) is 3.46. The second-order valence-corrected chi connectivity index (χ2v) is 10.8. The molecule has 2 aromatic carbocycles. The predicted molar refractivity (Wildman–Crippen MR) is 176 cm³/mol. The van der Waals surface area contributed by atoms with Gasteiger partial charge < -0.3 is 19.4 Å². The van der Waals surface area contributed by atoms with E-state index in [9.17, 15) is 4.79 Å². The van der Waals surface area contributed by atoms with Gasteiger partial charge in [-0.3, -0.25) is 4.79 Å². The molecule has 222 valence electrons. The summed E-state index contributed by atoms with van der Waals surface area (Å²) < 4.78 is 13.5. The van der Waals surface area contributed by atoms with Crippen LogP contribution in [0.2, 0.25) is 0 Å². The number of aromatic nitrogens is 2. The molecule has 0 radical (unpaired) electrons. The van der Waals surface area contributed by atoms with Gasteiger partial charge in [-0.15, -0.1) is 11.8 Å². The summed E-state index contributed by atoms with van der Waals surface area (Å²) >= 11 is 1.75. The maximum atomic E-state index is 12.6. The Morgan fingerprint density at radius 3 is 2.69 bits per heavy atom. The molecular formula is C35H43N3O3S. The molecule has 42 heavy (non-hydrogen) atoms. The number of hydrogen-bond donors (Lipinski definition) is 1. The van der Waals surface area contributed by atoms with Crippen LogP contribution in [0.4, 0.5) is 5.69 Å². The molecule has 3 aromatic rings. The molecule has 0 aliphatic carbocycles. The standard InChI is InChI=1S/C35H43N3O3S/c1-5-8-21-40-22-23-41-33(10-6-2)12-9-11-29-14-13-28(4)30(24-29)15-20-35(39)37-31-16-18-34(19-17-31)42-26-32-25-36-27-38(32)7-3/h6,9-10,12-20,24-25,27H,2,5,7-8,11,21-23,26H2,1,3-4H3,(H,37,39)/b12-9-,20-15+,33-10+. The molecule has 0 aliphatic rings. The van der Waals surface area contributed by atoms with Gasteiger partial charge >= 0.3 is 0 Å². The summed E-state index contributed by atoms with van der Waals surface area (Å²) in [5.41, 5.74) is 5.23. The van der Waals surface area contributed by atoms with Gasteiger partial charge in [0.2, 0.25) is 5.91 Å². The monoisotopic (exact) mass is 585 g/mol. The minimum absolute atomic E-state index is 0.165. The summed E-state index contributed by atoms with van der Waals surface area (Å²) in [7, 11) is 0. The van der Waals surface area contributed by atoms with E-state index in [-0.39, 0.29) is 5.91 Å². The minimum atomic E-state index is -0.165. The molecule has 1 heterocycles. The maximum Gasteiger partial charge on any atom is 0.248 e. The summed E-state index contributed by atoms with van der Waals surface area (Å²) in [5, 5.41) is 2.95. The van der Waals surface area contributed by atoms with E-state index in [4.69, 9.17) is 9.47 Å². The van der Waals surface area contributed by atoms with Crippen molar-refractivity contribution in [2.45, 2.75) is 57.2 Å². The molecule has 0 atom stereocenters. The fraction of sp³-hybridized carbons (Fsp3) is 0.314. The topological polar surface area (TPSA) is 65.4 Å². The zero-order valence-corrected chi connectivity index (χ0v) is 25.9. The van der Waals surface area contributed by atoms with Crippen LogP contribution in [0.25, 0.3) is 6.08 Å². The number of nitrogens with zero attached hydrogens (tertiary/aromatic N) is 2. The molecule has 0 aliphatic heterocycles. The summed E-state index contributed by atoms with van der Waals surface area (Å²) in [4.78, 5) is 18.0. The second kappa shape index (κ2) is 18.6. The Bertz CT molecular complexity index is 1360. The Hall–Kier alpha value is -3.81. The van der Waals surface area contributed by atoms with Crippen LogP contribution in [0.5, 0.6) is 0 Å². The van der Waals surface area contributed by atoms with Gasteiger partial charge in [-0.2, -0.15) is 0 Å². The first-order valence-electron chi connectivity index (χ1n) is 14.5. The number of thioether (sulfide) groups is 1. The lowest BCUT2D eigenvalue weighted by Gasteiger charge is -2.08. The SMILES string of the molecule is C=C/C=C(\C=C/Cc1ccc(C)c(/C=C/C(=O)Nc2ccc(SCc3cncn3CC)cc2)c1)OCCOCCCC. The summed E-state index contributed by atoms with van der Waals surface area (Å²) in [6.45, 7) is 12.8. The van der Waals surface area contributed by atoms with Crippen molar-refractivity contribution in [2.75, 3.05) is 25.1 Å². The lowest BCUT2D eigenvalue weighted by molar-refractivity contribution is -0.111. The van der Waals surface area contributed by atoms with Crippen LogP contribution in [0.15, 0.2) is 103 Å². The van der Waals surface area contributed by atoms with Crippen molar-refractivity contribution in [2.24, 2.45) is 0 Å². The molecule has 7 heteroatoms. The normalized spacial score (nSPS) is 11.8. The van der Waals surface area contributed by atoms with Crippen molar-refractivity contribution in [3.8, 4) is 0 Å². The third-order valence-corrected chi connectivity index (χ3v) is 7.51. The smallest absolute Gasteiger partial charge is 0.248 e. The number of unbranched alkanes of at least 4 members (excludes halogenated alkanes) is 1. The molecule has 1 N–H and O–H groups in total. The van der Waals surface area contributed by atoms with Crippen LogP contribution in [0, 0.1) is 6.92 Å². The third-order valence-electron chi connectivity index (χ3n) is 6.46. The van der Waals surface area contributed by atoms with Crippen molar-refractivity contribution < 1.29 is 14.3 Å². The summed E-state index contributed by atoms with van der Waals surface area (Å²) in [5.74, 6) is 1.44. The highest BCUT2D eigenvalue weighted by Gasteiger charge is 2.04. The number of carbonyl (C=O) groups excluding carboxylic acids is 1. The number of ether oxygens (including phenoxy) is 2. The van der Waals surface area contributed by atoms with Crippen molar-refractivity contribution in [3.05, 3.63) is 120 Å². The van der Waals surface area contributed by atoms with Crippen LogP contribution in [0.1, 0.15) is 49.1 Å². The van der Waals surface area contributed by atoms with Gasteiger partial charge in [0, 0.05) is 47.5 Å². The van der Waals surface area contributed by atoms with Gasteiger partial charge in [0.15, 0.2) is 0 Å². The van der Waals surface area contributed by atoms with Crippen molar-refractivity contribution >= 4 is 29.4 Å². The van der Waals surface area contributed by atoms with E-state index in [1.807, 2.05) is 61.9 Å². The van der Waals surface area contributed by atoms with Gasteiger partial charge in [-0.25, -0.2) is 4.98 Å². The Balaban J connectivity index is 1.49. The Morgan fingerprint density at radius 1 is 1.10 bits per heavy atom. The van der Waals surface area contributed by atoms with Crippen LogP contribution < -0.4 is 5.32 Å². The van der Waals surface area contributed by atoms with Crippen LogP contribution in [-0.4, -0.2) is 35.3 Å². The highest BCUT2D eigenvalue weighted by molar-refractivity contribution is 7.98. The quantitative estimate of drug-likeness (QED) is 0.0536. The highest BCUT2D eigenvalue weighted by atomic mass is 32.2. The van der Waals surface area contributed by atoms with Gasteiger partial charge in [0.25, 0.3) is 0 Å². The summed E-state index contributed by atoms with van der Waals surface area (Å²) in [6.07, 6.45) is 17.7. The summed E-state index contributed by atoms with van der Waals surface area (Å²) in [6, 6.07) is 14.2. The lowest BCUT2D eigenvalue weighted by Crippen LogP contribution is -2.07. The van der Waals surface area contributed by atoms with Crippen LogP contribution in [-0.2, 0) is 33.0 Å². The number of anilines is 1. The molecule has 1 amide bonds. The number of nitrogens with one attached hydrogen (secondary N) is 1. The van der Waals surface area contributed by atoms with Gasteiger partial charge in [-0.1, -0.05) is 50.3 Å². The van der Waals surface area contributed by atoms with Crippen molar-refractivity contribution in [3.63, 3.8) is 0 Å². The number of aryl methyl sites for hydroxylation is 2. The van der Waals surface area contributed by atoms with Gasteiger partial charge in [-0.05, 0) is 85.9 Å². The Morgan fingerprint density at radius 2 is 1.93 bits per heavy atom. The van der Waals surface area contributed by atoms with E-state index in [0.717, 1.165) is 71.2 Å². The number of imidazole rings is 1. The second-order valence-electron chi connectivity index (χ2n) is 9.72. The molecule has 1 aromatic heterocycles. The molecule has 0 bridgehead atoms. The number of hydrogen-bond acceptors (Lipinski definition) is 5. The van der Waals surface area contributed by atoms with E-state index in [1.54, 1.807) is 23.9 Å². The Kier molecular flexibility index (Phi) is 14.5. The largest absolute Gasteiger partial charge is 0.491 e. The van der Waals surface area contributed by atoms with E-state index in [2.05, 4.69) is 59.6 Å². The first-order valence-corrected chi connectivity index (χ1v) is 15.5. The molecule has 6 nitrogen and oxygen atoms in total. The minimum Gasteiger partial charge on any atom is -0.491 e. The zero-order valence-electron chi connectivity index (χ0n) is 25.1. The molecule has 0 saturated carbocycles. The first-order chi connectivity index (χ1) is 20.5. The molecule has 0 fully saturated rings. The maximum absolute atomic E-state index is 12.6. The van der Waals surface area contributed by atoms with Crippen molar-refractivity contribution in [1.29, 1.82) is 0 Å². The van der Waals surface area contributed by atoms with E-state index in [1.165, 1.54) is 5.69 Å². The average molecular weight is 586 g/mol. The van der Waals surface area contributed by atoms with E-state index >= 15 is 0 Å². The van der Waals surface area contributed by atoms with Crippen LogP contribution >= 0.6 is 11.8 Å². The van der Waals surface area contributed by atoms with Crippen LogP contribution in [0.3, 0.4) is 0 Å². The van der Waals surface area contributed by atoms with Crippen molar-refractivity contribution in [1.82, 2.24) is 9.55 Å². The number of amides is 1. The molecule has 0 unspecified atom stereocenters. The number of rotatable bonds is 18. The van der Waals surface area contributed by atoms with Gasteiger partial charge in [0.1, 0.15) is 12.4 Å². The zero-order chi connectivity index (χ0) is 30.0. The fourth-order valence-electron chi connectivity index (χ4n) is 4.04. The number of carbonyl (C=O) groups is 1. The third kappa shape index (κ3) is 11.6. The fourth-order valence-corrected chi connectivity index (χ4v) is 4.92. The molecule has 0 saturated heterocycles. The molecule has 0 spiro atoms. The number of allylic oxidation sites excluding steroid dienone is 4. The number of benzene rings is 2. The first kappa shape index (κ1) is 32.7. The lowest BCUT2D eigenvalue weighted by atomic mass is 10.0. The highest BCUT2D eigenvalue weighted by Crippen LogP contribution is 2.24. The Labute approximate surface area is 255 Å². The van der Waals surface area contributed by atoms with Gasteiger partial charge in [0.05, 0.1) is 12.9 Å². The molecular weight excluding hydrogens is 542 g/mol.